The zero-order chi connectivity index (χ0) is 11.5. The van der Waals surface area contributed by atoms with Crippen molar-refractivity contribution in [2.75, 3.05) is 0 Å². The minimum atomic E-state index is -1.11. The number of hydrogen-bond donors (Lipinski definition) is 1. The van der Waals surface area contributed by atoms with Crippen molar-refractivity contribution >= 4 is 0 Å². The highest BCUT2D eigenvalue weighted by atomic mass is 19.1. The van der Waals surface area contributed by atoms with Crippen LogP contribution < -0.4 is 0 Å². The Balaban J connectivity index is 2.20. The van der Waals surface area contributed by atoms with Gasteiger partial charge in [0, 0.05) is 12.0 Å². The Bertz CT molecular complexity index is 466. The summed E-state index contributed by atoms with van der Waals surface area (Å²) in [6.07, 6.45) is 0.471. The minimum absolute atomic E-state index is 0.0589. The van der Waals surface area contributed by atoms with Gasteiger partial charge in [-0.05, 0) is 30.3 Å². The smallest absolute Gasteiger partial charge is 0.129 e. The summed E-state index contributed by atoms with van der Waals surface area (Å²) < 4.78 is 31.2. The Morgan fingerprint density at radius 3 is 2.75 bits per heavy atom. The van der Waals surface area contributed by atoms with Gasteiger partial charge in [-0.25, -0.2) is 8.78 Å². The van der Waals surface area contributed by atoms with E-state index < -0.39 is 17.7 Å². The molecule has 0 aliphatic carbocycles. The van der Waals surface area contributed by atoms with Gasteiger partial charge in [0.1, 0.15) is 17.4 Å². The van der Waals surface area contributed by atoms with Crippen LogP contribution in [0.25, 0.3) is 0 Å². The quantitative estimate of drug-likeness (QED) is 0.869. The van der Waals surface area contributed by atoms with Crippen molar-refractivity contribution in [3.8, 4) is 0 Å². The molecular formula is C12H10F2O2. The molecule has 2 nitrogen and oxygen atoms in total. The van der Waals surface area contributed by atoms with E-state index >= 15 is 0 Å². The lowest BCUT2D eigenvalue weighted by molar-refractivity contribution is 0.165. The van der Waals surface area contributed by atoms with Crippen molar-refractivity contribution in [2.45, 2.75) is 12.5 Å². The molecule has 0 aliphatic rings. The van der Waals surface area contributed by atoms with Gasteiger partial charge in [-0.3, -0.25) is 0 Å². The molecule has 1 aromatic carbocycles. The van der Waals surface area contributed by atoms with Crippen molar-refractivity contribution < 1.29 is 18.3 Å². The molecule has 0 spiro atoms. The number of aliphatic hydroxyl groups is 1. The molecule has 2 rings (SSSR count). The molecule has 1 N–H and O–H groups in total. The third kappa shape index (κ3) is 2.28. The molecule has 1 unspecified atom stereocenters. The Labute approximate surface area is 91.1 Å². The molecule has 1 heterocycles. The van der Waals surface area contributed by atoms with Crippen LogP contribution in [0.5, 0.6) is 0 Å². The van der Waals surface area contributed by atoms with Gasteiger partial charge in [-0.1, -0.05) is 0 Å². The average molecular weight is 224 g/mol. The standard InChI is InChI=1S/C12H10F2O2/c13-8-3-4-11(14)10(6-8)12(15)7-9-2-1-5-16-9/h1-6,12,15H,7H2. The molecule has 0 saturated carbocycles. The first-order valence-corrected chi connectivity index (χ1v) is 4.82. The number of halogens is 2. The molecule has 2 aromatic rings. The van der Waals surface area contributed by atoms with Crippen molar-refractivity contribution in [1.29, 1.82) is 0 Å². The van der Waals surface area contributed by atoms with Crippen molar-refractivity contribution in [3.63, 3.8) is 0 Å². The summed E-state index contributed by atoms with van der Waals surface area (Å²) >= 11 is 0. The molecule has 0 radical (unpaired) electrons. The van der Waals surface area contributed by atoms with Crippen LogP contribution in [0, 0.1) is 11.6 Å². The molecular weight excluding hydrogens is 214 g/mol. The van der Waals surface area contributed by atoms with Gasteiger partial charge in [-0.2, -0.15) is 0 Å². The highest BCUT2D eigenvalue weighted by Crippen LogP contribution is 2.22. The van der Waals surface area contributed by atoms with E-state index in [0.29, 0.717) is 5.76 Å². The fraction of sp³-hybridized carbons (Fsp3) is 0.167. The molecule has 0 aliphatic heterocycles. The van der Waals surface area contributed by atoms with Gasteiger partial charge >= 0.3 is 0 Å². The van der Waals surface area contributed by atoms with Crippen LogP contribution in [0.4, 0.5) is 8.78 Å². The fourth-order valence-corrected chi connectivity index (χ4v) is 1.50. The Morgan fingerprint density at radius 2 is 2.06 bits per heavy atom. The second-order valence-electron chi connectivity index (χ2n) is 3.47. The summed E-state index contributed by atoms with van der Waals surface area (Å²) in [7, 11) is 0. The first-order valence-electron chi connectivity index (χ1n) is 4.82. The number of benzene rings is 1. The summed E-state index contributed by atoms with van der Waals surface area (Å²) in [5, 5.41) is 9.73. The van der Waals surface area contributed by atoms with E-state index in [4.69, 9.17) is 4.42 Å². The molecule has 0 amide bonds. The molecule has 0 saturated heterocycles. The van der Waals surface area contributed by atoms with Crippen LogP contribution in [0.1, 0.15) is 17.4 Å². The first-order chi connectivity index (χ1) is 7.66. The van der Waals surface area contributed by atoms with Gasteiger partial charge in [0.15, 0.2) is 0 Å². The van der Waals surface area contributed by atoms with Gasteiger partial charge in [0.2, 0.25) is 0 Å². The summed E-state index contributed by atoms with van der Waals surface area (Å²) in [6, 6.07) is 6.34. The molecule has 84 valence electrons. The van der Waals surface area contributed by atoms with Gasteiger partial charge in [0.05, 0.1) is 12.4 Å². The average Bonchev–Trinajstić information content (AvgIpc) is 2.74. The Kier molecular flexibility index (Phi) is 3.01. The van der Waals surface area contributed by atoms with Gasteiger partial charge in [0.25, 0.3) is 0 Å². The van der Waals surface area contributed by atoms with Crippen LogP contribution in [-0.2, 0) is 6.42 Å². The Morgan fingerprint density at radius 1 is 1.25 bits per heavy atom. The van der Waals surface area contributed by atoms with Crippen LogP contribution in [-0.4, -0.2) is 5.11 Å². The first kappa shape index (κ1) is 10.8. The number of rotatable bonds is 3. The lowest BCUT2D eigenvalue weighted by Gasteiger charge is -2.10. The third-order valence-corrected chi connectivity index (χ3v) is 2.29. The molecule has 0 fully saturated rings. The summed E-state index contributed by atoms with van der Waals surface area (Å²) in [5.74, 6) is -0.675. The van der Waals surface area contributed by atoms with E-state index in [2.05, 4.69) is 0 Å². The summed E-state index contributed by atoms with van der Waals surface area (Å²) in [4.78, 5) is 0. The molecule has 1 atom stereocenters. The highest BCUT2D eigenvalue weighted by molar-refractivity contribution is 5.22. The van der Waals surface area contributed by atoms with Crippen LogP contribution in [0.15, 0.2) is 41.0 Å². The van der Waals surface area contributed by atoms with Crippen LogP contribution >= 0.6 is 0 Å². The molecule has 4 heteroatoms. The third-order valence-electron chi connectivity index (χ3n) is 2.29. The van der Waals surface area contributed by atoms with Crippen molar-refractivity contribution in [3.05, 3.63) is 59.6 Å². The lowest BCUT2D eigenvalue weighted by atomic mass is 10.0. The molecule has 16 heavy (non-hydrogen) atoms. The Hall–Kier alpha value is -1.68. The fourth-order valence-electron chi connectivity index (χ4n) is 1.50. The zero-order valence-electron chi connectivity index (χ0n) is 8.36. The lowest BCUT2D eigenvalue weighted by Crippen LogP contribution is -2.04. The number of hydrogen-bond acceptors (Lipinski definition) is 2. The number of furan rings is 1. The van der Waals surface area contributed by atoms with E-state index in [1.807, 2.05) is 0 Å². The maximum Gasteiger partial charge on any atom is 0.129 e. The summed E-state index contributed by atoms with van der Waals surface area (Å²) in [5.41, 5.74) is -0.0589. The van der Waals surface area contributed by atoms with Crippen LogP contribution in [0.2, 0.25) is 0 Å². The second kappa shape index (κ2) is 4.45. The molecule has 1 aromatic heterocycles. The zero-order valence-corrected chi connectivity index (χ0v) is 8.36. The maximum atomic E-state index is 13.3. The van der Waals surface area contributed by atoms with E-state index in [9.17, 15) is 13.9 Å². The maximum absolute atomic E-state index is 13.3. The van der Waals surface area contributed by atoms with E-state index in [1.54, 1.807) is 12.1 Å². The van der Waals surface area contributed by atoms with Crippen molar-refractivity contribution in [2.24, 2.45) is 0 Å². The van der Waals surface area contributed by atoms with E-state index in [0.717, 1.165) is 18.2 Å². The largest absolute Gasteiger partial charge is 0.469 e. The predicted octanol–water partition coefficient (Wildman–Crippen LogP) is 2.83. The molecule has 0 bridgehead atoms. The van der Waals surface area contributed by atoms with Crippen molar-refractivity contribution in [1.82, 2.24) is 0 Å². The minimum Gasteiger partial charge on any atom is -0.469 e. The normalized spacial score (nSPS) is 12.7. The number of aliphatic hydroxyl groups excluding tert-OH is 1. The second-order valence-corrected chi connectivity index (χ2v) is 3.47. The SMILES string of the molecule is OC(Cc1ccco1)c1cc(F)ccc1F. The predicted molar refractivity (Wildman–Crippen MR) is 53.7 cm³/mol. The van der Waals surface area contributed by atoms with Gasteiger partial charge in [-0.15, -0.1) is 0 Å². The highest BCUT2D eigenvalue weighted by Gasteiger charge is 2.15. The topological polar surface area (TPSA) is 33.4 Å². The van der Waals surface area contributed by atoms with Gasteiger partial charge < -0.3 is 9.52 Å². The summed E-state index contributed by atoms with van der Waals surface area (Å²) in [6.45, 7) is 0. The van der Waals surface area contributed by atoms with Crippen LogP contribution in [0.3, 0.4) is 0 Å². The van der Waals surface area contributed by atoms with E-state index in [1.165, 1.54) is 6.26 Å². The van der Waals surface area contributed by atoms with E-state index in [-0.39, 0.29) is 12.0 Å². The monoisotopic (exact) mass is 224 g/mol.